The molecule has 1 aromatic heterocycles. The molecule has 1 heterocycles. The summed E-state index contributed by atoms with van der Waals surface area (Å²) in [6.45, 7) is 1.81. The summed E-state index contributed by atoms with van der Waals surface area (Å²) in [5.41, 5.74) is 1.83. The molecule has 2 aromatic rings. The first-order valence-corrected chi connectivity index (χ1v) is 5.01. The Morgan fingerprint density at radius 2 is 1.88 bits per heavy atom. The summed E-state index contributed by atoms with van der Waals surface area (Å²) >= 11 is 0. The molecule has 0 unspecified atom stereocenters. The number of benzene rings is 1. The second-order valence-electron chi connectivity index (χ2n) is 3.76. The minimum Gasteiger partial charge on any atom is -0.292 e. The Kier molecular flexibility index (Phi) is 2.55. The fourth-order valence-corrected chi connectivity index (χ4v) is 1.71. The van der Waals surface area contributed by atoms with Crippen LogP contribution in [-0.2, 0) is 7.05 Å². The van der Waals surface area contributed by atoms with Crippen molar-refractivity contribution < 1.29 is 4.92 Å². The van der Waals surface area contributed by atoms with Crippen molar-refractivity contribution in [3.8, 4) is 11.1 Å². The highest BCUT2D eigenvalue weighted by Crippen LogP contribution is 2.21. The van der Waals surface area contributed by atoms with Crippen molar-refractivity contribution in [1.82, 2.24) is 9.78 Å². The quantitative estimate of drug-likeness (QED) is 0.631. The maximum atomic E-state index is 11.7. The lowest BCUT2D eigenvalue weighted by molar-refractivity contribution is -0.384. The zero-order valence-corrected chi connectivity index (χ0v) is 9.43. The minimum absolute atomic E-state index is 0.0127. The number of nitrogens with one attached hydrogen (secondary N) is 1. The van der Waals surface area contributed by atoms with E-state index >= 15 is 0 Å². The van der Waals surface area contributed by atoms with E-state index in [0.717, 1.165) is 5.69 Å². The molecule has 6 nitrogen and oxygen atoms in total. The Labute approximate surface area is 96.6 Å². The van der Waals surface area contributed by atoms with E-state index in [4.69, 9.17) is 0 Å². The summed E-state index contributed by atoms with van der Waals surface area (Å²) in [7, 11) is 1.74. The van der Waals surface area contributed by atoms with Gasteiger partial charge in [-0.1, -0.05) is 0 Å². The molecule has 0 atom stereocenters. The molecule has 0 radical (unpaired) electrons. The van der Waals surface area contributed by atoms with Gasteiger partial charge in [-0.3, -0.25) is 24.7 Å². The van der Waals surface area contributed by atoms with Crippen LogP contribution in [0.3, 0.4) is 0 Å². The van der Waals surface area contributed by atoms with Crippen LogP contribution in [-0.4, -0.2) is 14.7 Å². The van der Waals surface area contributed by atoms with E-state index in [2.05, 4.69) is 5.10 Å². The predicted molar refractivity (Wildman–Crippen MR) is 62.9 cm³/mol. The number of aromatic nitrogens is 2. The molecule has 88 valence electrons. The summed E-state index contributed by atoms with van der Waals surface area (Å²) in [5, 5.41) is 13.2. The highest BCUT2D eigenvalue weighted by atomic mass is 16.6. The topological polar surface area (TPSA) is 80.9 Å². The van der Waals surface area contributed by atoms with Crippen LogP contribution >= 0.6 is 0 Å². The fraction of sp³-hybridized carbons (Fsp3) is 0.182. The van der Waals surface area contributed by atoms with Crippen molar-refractivity contribution in [3.63, 3.8) is 0 Å². The Balaban J connectivity index is 2.54. The molecule has 0 aliphatic carbocycles. The van der Waals surface area contributed by atoms with E-state index < -0.39 is 4.92 Å². The maximum Gasteiger partial charge on any atom is 0.272 e. The zero-order chi connectivity index (χ0) is 12.6. The number of aryl methyl sites for hydroxylation is 1. The van der Waals surface area contributed by atoms with Gasteiger partial charge >= 0.3 is 0 Å². The highest BCUT2D eigenvalue weighted by Gasteiger charge is 2.12. The number of H-pyrrole nitrogens is 1. The Bertz CT molecular complexity index is 622. The van der Waals surface area contributed by atoms with Crippen molar-refractivity contribution in [1.29, 1.82) is 0 Å². The van der Waals surface area contributed by atoms with Gasteiger partial charge in [0.2, 0.25) is 0 Å². The molecule has 0 spiro atoms. The third-order valence-electron chi connectivity index (χ3n) is 2.73. The third kappa shape index (κ3) is 1.84. The first kappa shape index (κ1) is 11.1. The van der Waals surface area contributed by atoms with Crippen LogP contribution in [0, 0.1) is 17.0 Å². The van der Waals surface area contributed by atoms with Crippen molar-refractivity contribution in [2.45, 2.75) is 6.92 Å². The second kappa shape index (κ2) is 3.89. The predicted octanol–water partition coefficient (Wildman–Crippen LogP) is 1.60. The number of nitro benzene ring substituents is 1. The summed E-state index contributed by atoms with van der Waals surface area (Å²) in [6, 6.07) is 5.94. The van der Waals surface area contributed by atoms with E-state index in [1.54, 1.807) is 23.9 Å². The first-order valence-electron chi connectivity index (χ1n) is 5.01. The summed E-state index contributed by atoms with van der Waals surface area (Å²) in [5.74, 6) is 0. The van der Waals surface area contributed by atoms with Crippen molar-refractivity contribution >= 4 is 5.69 Å². The van der Waals surface area contributed by atoms with E-state index in [1.165, 1.54) is 12.1 Å². The normalized spacial score (nSPS) is 10.5. The molecule has 0 saturated heterocycles. The summed E-state index contributed by atoms with van der Waals surface area (Å²) < 4.78 is 1.62. The van der Waals surface area contributed by atoms with Crippen LogP contribution in [0.15, 0.2) is 29.1 Å². The van der Waals surface area contributed by atoms with Gasteiger partial charge < -0.3 is 0 Å². The van der Waals surface area contributed by atoms with Crippen LogP contribution in [0.2, 0.25) is 0 Å². The molecule has 0 saturated carbocycles. The Morgan fingerprint density at radius 1 is 1.29 bits per heavy atom. The molecular formula is C11H11N3O3. The number of non-ortho nitro benzene ring substituents is 1. The summed E-state index contributed by atoms with van der Waals surface area (Å²) in [4.78, 5) is 21.7. The molecular weight excluding hydrogens is 222 g/mol. The number of aromatic amines is 1. The third-order valence-corrected chi connectivity index (χ3v) is 2.73. The van der Waals surface area contributed by atoms with Crippen LogP contribution < -0.4 is 5.56 Å². The molecule has 0 fully saturated rings. The average molecular weight is 233 g/mol. The Hall–Kier alpha value is -2.37. The molecule has 0 aliphatic heterocycles. The molecule has 1 N–H and O–H groups in total. The number of nitrogens with zero attached hydrogens (tertiary/aromatic N) is 2. The van der Waals surface area contributed by atoms with Crippen molar-refractivity contribution in [2.75, 3.05) is 0 Å². The molecule has 17 heavy (non-hydrogen) atoms. The molecule has 0 bridgehead atoms. The van der Waals surface area contributed by atoms with Gasteiger partial charge in [-0.15, -0.1) is 0 Å². The van der Waals surface area contributed by atoms with Crippen LogP contribution in [0.4, 0.5) is 5.69 Å². The number of hydrogen-bond acceptors (Lipinski definition) is 3. The molecule has 0 amide bonds. The van der Waals surface area contributed by atoms with Gasteiger partial charge in [0.1, 0.15) is 0 Å². The smallest absolute Gasteiger partial charge is 0.272 e. The number of nitro groups is 1. The zero-order valence-electron chi connectivity index (χ0n) is 9.43. The Morgan fingerprint density at radius 3 is 2.29 bits per heavy atom. The largest absolute Gasteiger partial charge is 0.292 e. The lowest BCUT2D eigenvalue weighted by Crippen LogP contribution is -2.03. The van der Waals surface area contributed by atoms with Gasteiger partial charge in [0.25, 0.3) is 11.2 Å². The molecule has 1 aromatic carbocycles. The highest BCUT2D eigenvalue weighted by molar-refractivity contribution is 5.66. The van der Waals surface area contributed by atoms with Crippen molar-refractivity contribution in [2.24, 2.45) is 7.05 Å². The SMILES string of the molecule is Cc1c(-c2ccc([N+](=O)[O-])cc2)c(=O)[nH]n1C. The van der Waals surface area contributed by atoms with E-state index in [0.29, 0.717) is 11.1 Å². The van der Waals surface area contributed by atoms with Gasteiger partial charge in [-0.05, 0) is 24.6 Å². The summed E-state index contributed by atoms with van der Waals surface area (Å²) in [6.07, 6.45) is 0. The fourth-order valence-electron chi connectivity index (χ4n) is 1.71. The van der Waals surface area contributed by atoms with Gasteiger partial charge in [-0.25, -0.2) is 0 Å². The van der Waals surface area contributed by atoms with Gasteiger partial charge in [0, 0.05) is 24.9 Å². The van der Waals surface area contributed by atoms with Crippen molar-refractivity contribution in [3.05, 3.63) is 50.4 Å². The van der Waals surface area contributed by atoms with E-state index in [-0.39, 0.29) is 11.2 Å². The average Bonchev–Trinajstić information content (AvgIpc) is 2.53. The monoisotopic (exact) mass is 233 g/mol. The van der Waals surface area contributed by atoms with Crippen LogP contribution in [0.1, 0.15) is 5.69 Å². The molecule has 6 heteroatoms. The minimum atomic E-state index is -0.466. The van der Waals surface area contributed by atoms with E-state index in [1.807, 2.05) is 6.92 Å². The second-order valence-corrected chi connectivity index (χ2v) is 3.76. The van der Waals surface area contributed by atoms with Crippen LogP contribution in [0.5, 0.6) is 0 Å². The lowest BCUT2D eigenvalue weighted by Gasteiger charge is -1.99. The van der Waals surface area contributed by atoms with Crippen LogP contribution in [0.25, 0.3) is 11.1 Å². The maximum absolute atomic E-state index is 11.7. The lowest BCUT2D eigenvalue weighted by atomic mass is 10.1. The first-order chi connectivity index (χ1) is 8.00. The van der Waals surface area contributed by atoms with Gasteiger partial charge in [-0.2, -0.15) is 0 Å². The number of hydrogen-bond donors (Lipinski definition) is 1. The number of rotatable bonds is 2. The van der Waals surface area contributed by atoms with Gasteiger partial charge in [0.05, 0.1) is 10.5 Å². The molecule has 0 aliphatic rings. The van der Waals surface area contributed by atoms with E-state index in [9.17, 15) is 14.9 Å². The standard InChI is InChI=1S/C11H11N3O3/c1-7-10(11(15)12-13(7)2)8-3-5-9(6-4-8)14(16)17/h3-6H,1-2H3,(H,12,15). The molecule has 2 rings (SSSR count). The van der Waals surface area contributed by atoms with Gasteiger partial charge in [0.15, 0.2) is 0 Å².